The molecular weight excluding hydrogens is 448 g/mol. The molecule has 0 radical (unpaired) electrons. The van der Waals surface area contributed by atoms with E-state index in [2.05, 4.69) is 50.8 Å². The van der Waals surface area contributed by atoms with Gasteiger partial charge in [0.05, 0.1) is 13.0 Å². The van der Waals surface area contributed by atoms with Crippen LogP contribution in [-0.2, 0) is 28.9 Å². The number of pyridine rings is 1. The average Bonchev–Trinajstić information content (AvgIpc) is 3.32. The summed E-state index contributed by atoms with van der Waals surface area (Å²) in [5.74, 6) is 0.329. The maximum absolute atomic E-state index is 13.1. The maximum atomic E-state index is 13.1. The van der Waals surface area contributed by atoms with E-state index in [1.165, 1.54) is 16.7 Å². The fourth-order valence-corrected chi connectivity index (χ4v) is 5.66. The van der Waals surface area contributed by atoms with E-state index in [-0.39, 0.29) is 29.8 Å². The summed E-state index contributed by atoms with van der Waals surface area (Å²) in [4.78, 5) is 32.0. The number of rotatable bonds is 8. The lowest BCUT2D eigenvalue weighted by Gasteiger charge is -2.35. The van der Waals surface area contributed by atoms with E-state index in [4.69, 9.17) is 0 Å². The second-order valence-corrected chi connectivity index (χ2v) is 10.0. The quantitative estimate of drug-likeness (QED) is 0.517. The number of carbonyl (C=O) groups is 2. The Morgan fingerprint density at radius 3 is 2.53 bits per heavy atom. The lowest BCUT2D eigenvalue weighted by molar-refractivity contribution is -0.123. The summed E-state index contributed by atoms with van der Waals surface area (Å²) < 4.78 is 0. The molecule has 186 valence electrons. The Morgan fingerprint density at radius 2 is 1.69 bits per heavy atom. The van der Waals surface area contributed by atoms with Gasteiger partial charge in [-0.2, -0.15) is 0 Å². The van der Waals surface area contributed by atoms with Gasteiger partial charge in [-0.25, -0.2) is 0 Å². The van der Waals surface area contributed by atoms with Crippen LogP contribution in [0.1, 0.15) is 41.0 Å². The van der Waals surface area contributed by atoms with Crippen molar-refractivity contribution >= 4 is 11.8 Å². The van der Waals surface area contributed by atoms with E-state index in [0.29, 0.717) is 19.5 Å². The van der Waals surface area contributed by atoms with Gasteiger partial charge in [0.25, 0.3) is 0 Å². The van der Waals surface area contributed by atoms with Crippen molar-refractivity contribution in [1.29, 1.82) is 0 Å². The van der Waals surface area contributed by atoms with Gasteiger partial charge in [0.1, 0.15) is 0 Å². The molecule has 2 N–H and O–H groups in total. The molecule has 1 saturated heterocycles. The van der Waals surface area contributed by atoms with Gasteiger partial charge in [-0.1, -0.05) is 60.7 Å². The molecule has 3 atom stereocenters. The van der Waals surface area contributed by atoms with Crippen molar-refractivity contribution in [3.8, 4) is 0 Å². The number of nitrogens with zero attached hydrogens (tertiary/aromatic N) is 2. The summed E-state index contributed by atoms with van der Waals surface area (Å²) in [6, 6.07) is 22.7. The molecule has 0 spiro atoms. The average molecular weight is 483 g/mol. The first-order chi connectivity index (χ1) is 17.6. The number of fused-ring (bicyclic) bond motifs is 1. The van der Waals surface area contributed by atoms with Crippen LogP contribution < -0.4 is 10.6 Å². The highest BCUT2D eigenvalue weighted by Gasteiger charge is 2.32. The normalized spacial score (nSPS) is 21.5. The SMILES string of the molecule is O=C(Cc1ccccc1)NC1CCN(CC(=O)NC2CCc3ccccc3C2Cc2cccnc2)C1. The molecule has 2 aromatic carbocycles. The molecule has 36 heavy (non-hydrogen) atoms. The summed E-state index contributed by atoms with van der Waals surface area (Å²) in [5, 5.41) is 6.50. The fraction of sp³-hybridized carbons (Fsp3) is 0.367. The third-order valence-corrected chi connectivity index (χ3v) is 7.40. The number of aromatic nitrogens is 1. The van der Waals surface area contributed by atoms with E-state index in [1.807, 2.05) is 42.6 Å². The maximum Gasteiger partial charge on any atom is 0.234 e. The molecule has 2 heterocycles. The Bertz CT molecular complexity index is 1170. The topological polar surface area (TPSA) is 74.3 Å². The van der Waals surface area contributed by atoms with Gasteiger partial charge in [0, 0.05) is 43.5 Å². The van der Waals surface area contributed by atoms with Crippen molar-refractivity contribution in [3.63, 3.8) is 0 Å². The zero-order valence-electron chi connectivity index (χ0n) is 20.6. The zero-order chi connectivity index (χ0) is 24.7. The van der Waals surface area contributed by atoms with E-state index < -0.39 is 0 Å². The third-order valence-electron chi connectivity index (χ3n) is 7.40. The van der Waals surface area contributed by atoms with Crippen LogP contribution >= 0.6 is 0 Å². The zero-order valence-corrected chi connectivity index (χ0v) is 20.6. The van der Waals surface area contributed by atoms with Crippen molar-refractivity contribution in [2.24, 2.45) is 0 Å². The van der Waals surface area contributed by atoms with Crippen molar-refractivity contribution in [2.45, 2.75) is 50.1 Å². The van der Waals surface area contributed by atoms with Gasteiger partial charge in [0.15, 0.2) is 0 Å². The predicted molar refractivity (Wildman–Crippen MR) is 141 cm³/mol. The Kier molecular flexibility index (Phi) is 7.72. The van der Waals surface area contributed by atoms with Crippen LogP contribution in [0.4, 0.5) is 0 Å². The molecular formula is C30H34N4O2. The minimum Gasteiger partial charge on any atom is -0.352 e. The Labute approximate surface area is 213 Å². The summed E-state index contributed by atoms with van der Waals surface area (Å²) >= 11 is 0. The largest absolute Gasteiger partial charge is 0.352 e. The molecule has 1 fully saturated rings. The van der Waals surface area contributed by atoms with Crippen LogP contribution in [0, 0.1) is 0 Å². The lowest BCUT2D eigenvalue weighted by atomic mass is 9.76. The number of aryl methyl sites for hydroxylation is 1. The van der Waals surface area contributed by atoms with E-state index >= 15 is 0 Å². The number of nitrogens with one attached hydrogen (secondary N) is 2. The van der Waals surface area contributed by atoms with E-state index in [9.17, 15) is 9.59 Å². The minimum atomic E-state index is 0.0385. The van der Waals surface area contributed by atoms with Crippen LogP contribution in [-0.4, -0.2) is 53.4 Å². The van der Waals surface area contributed by atoms with Gasteiger partial charge in [-0.3, -0.25) is 19.5 Å². The summed E-state index contributed by atoms with van der Waals surface area (Å²) in [6.07, 6.45) is 7.75. The van der Waals surface area contributed by atoms with Gasteiger partial charge in [-0.05, 0) is 54.0 Å². The lowest BCUT2D eigenvalue weighted by Crippen LogP contribution is -2.47. The van der Waals surface area contributed by atoms with Gasteiger partial charge in [0.2, 0.25) is 11.8 Å². The van der Waals surface area contributed by atoms with Gasteiger partial charge in [-0.15, -0.1) is 0 Å². The fourth-order valence-electron chi connectivity index (χ4n) is 5.66. The molecule has 1 aliphatic carbocycles. The molecule has 5 rings (SSSR count). The number of likely N-dealkylation sites (tertiary alicyclic amines) is 1. The Morgan fingerprint density at radius 1 is 0.889 bits per heavy atom. The molecule has 1 aliphatic heterocycles. The minimum absolute atomic E-state index is 0.0385. The van der Waals surface area contributed by atoms with Crippen LogP contribution in [0.2, 0.25) is 0 Å². The molecule has 6 nitrogen and oxygen atoms in total. The molecule has 3 unspecified atom stereocenters. The highest BCUT2D eigenvalue weighted by molar-refractivity contribution is 5.79. The first-order valence-corrected chi connectivity index (χ1v) is 13.0. The molecule has 1 aromatic heterocycles. The summed E-state index contributed by atoms with van der Waals surface area (Å²) in [5.41, 5.74) is 4.91. The van der Waals surface area contributed by atoms with Crippen LogP contribution in [0.15, 0.2) is 79.1 Å². The monoisotopic (exact) mass is 482 g/mol. The molecule has 0 bridgehead atoms. The first kappa shape index (κ1) is 24.2. The summed E-state index contributed by atoms with van der Waals surface area (Å²) in [7, 11) is 0. The van der Waals surface area contributed by atoms with Crippen molar-refractivity contribution < 1.29 is 9.59 Å². The molecule has 6 heteroatoms. The van der Waals surface area contributed by atoms with Crippen molar-refractivity contribution in [3.05, 3.63) is 101 Å². The molecule has 3 aromatic rings. The smallest absolute Gasteiger partial charge is 0.234 e. The standard InChI is InChI=1S/C30H34N4O2/c35-29(18-22-7-2-1-3-8-22)32-25-14-16-34(20-25)21-30(36)33-28-13-12-24-10-4-5-11-26(24)27(28)17-23-9-6-15-31-19-23/h1-11,15,19,25,27-28H,12-14,16-18,20-21H2,(H,32,35)(H,33,36). The highest BCUT2D eigenvalue weighted by Crippen LogP contribution is 2.34. The van der Waals surface area contributed by atoms with E-state index in [0.717, 1.165) is 37.8 Å². The van der Waals surface area contributed by atoms with Crippen LogP contribution in [0.5, 0.6) is 0 Å². The van der Waals surface area contributed by atoms with Crippen molar-refractivity contribution in [2.75, 3.05) is 19.6 Å². The van der Waals surface area contributed by atoms with Crippen LogP contribution in [0.25, 0.3) is 0 Å². The number of carbonyl (C=O) groups excluding carboxylic acids is 2. The number of amides is 2. The first-order valence-electron chi connectivity index (χ1n) is 13.0. The summed E-state index contributed by atoms with van der Waals surface area (Å²) in [6.45, 7) is 1.89. The predicted octanol–water partition coefficient (Wildman–Crippen LogP) is 3.27. The Hall–Kier alpha value is -3.51. The number of benzene rings is 2. The van der Waals surface area contributed by atoms with Gasteiger partial charge < -0.3 is 10.6 Å². The van der Waals surface area contributed by atoms with Gasteiger partial charge >= 0.3 is 0 Å². The van der Waals surface area contributed by atoms with Crippen molar-refractivity contribution in [1.82, 2.24) is 20.5 Å². The number of hydrogen-bond acceptors (Lipinski definition) is 4. The second-order valence-electron chi connectivity index (χ2n) is 10.0. The molecule has 0 saturated carbocycles. The third kappa shape index (κ3) is 6.18. The second kappa shape index (κ2) is 11.5. The molecule has 2 amide bonds. The highest BCUT2D eigenvalue weighted by atomic mass is 16.2. The number of hydrogen-bond donors (Lipinski definition) is 2. The van der Waals surface area contributed by atoms with Crippen LogP contribution in [0.3, 0.4) is 0 Å². The Balaban J connectivity index is 1.15. The molecule has 2 aliphatic rings. The van der Waals surface area contributed by atoms with E-state index in [1.54, 1.807) is 6.20 Å².